The largest absolute Gasteiger partial charge is 0.309 e. The number of thiazole rings is 1. The van der Waals surface area contributed by atoms with E-state index in [9.17, 15) is 0 Å². The van der Waals surface area contributed by atoms with Crippen molar-refractivity contribution in [3.8, 4) is 0 Å². The summed E-state index contributed by atoms with van der Waals surface area (Å²) in [5.41, 5.74) is 3.61. The molecule has 0 radical (unpaired) electrons. The minimum Gasteiger partial charge on any atom is -0.309 e. The zero-order valence-electron chi connectivity index (χ0n) is 9.13. The van der Waals surface area contributed by atoms with Gasteiger partial charge in [-0.1, -0.05) is 13.8 Å². The van der Waals surface area contributed by atoms with Crippen LogP contribution in [-0.2, 0) is 6.54 Å². The second kappa shape index (κ2) is 3.63. The second-order valence-electron chi connectivity index (χ2n) is 4.82. The van der Waals surface area contributed by atoms with Crippen molar-refractivity contribution in [1.82, 2.24) is 10.3 Å². The zero-order chi connectivity index (χ0) is 10.2. The molecule has 0 spiro atoms. The van der Waals surface area contributed by atoms with Crippen LogP contribution in [0.1, 0.15) is 37.3 Å². The third kappa shape index (κ3) is 1.84. The van der Waals surface area contributed by atoms with Gasteiger partial charge in [0.2, 0.25) is 0 Å². The Kier molecular flexibility index (Phi) is 2.62. The Hall–Kier alpha value is -0.410. The normalized spacial score (nSPS) is 24.6. The van der Waals surface area contributed by atoms with E-state index in [-0.39, 0.29) is 0 Å². The minimum absolute atomic E-state index is 0.499. The first-order chi connectivity index (χ1) is 6.59. The van der Waals surface area contributed by atoms with E-state index in [1.165, 1.54) is 23.4 Å². The smallest absolute Gasteiger partial charge is 0.0798 e. The molecule has 1 aromatic heterocycles. The third-order valence-electron chi connectivity index (χ3n) is 3.37. The zero-order valence-corrected chi connectivity index (χ0v) is 9.95. The van der Waals surface area contributed by atoms with Crippen molar-refractivity contribution in [2.75, 3.05) is 0 Å². The van der Waals surface area contributed by atoms with Crippen molar-refractivity contribution in [1.29, 1.82) is 0 Å². The van der Waals surface area contributed by atoms with E-state index in [2.05, 4.69) is 31.1 Å². The van der Waals surface area contributed by atoms with Crippen LogP contribution >= 0.6 is 11.3 Å². The van der Waals surface area contributed by atoms with Crippen LogP contribution in [0.4, 0.5) is 0 Å². The predicted octanol–water partition coefficient (Wildman–Crippen LogP) is 2.73. The van der Waals surface area contributed by atoms with Crippen molar-refractivity contribution in [2.24, 2.45) is 5.41 Å². The maximum absolute atomic E-state index is 4.25. The van der Waals surface area contributed by atoms with Crippen LogP contribution in [0, 0.1) is 12.3 Å². The van der Waals surface area contributed by atoms with Gasteiger partial charge in [-0.05, 0) is 25.2 Å². The summed E-state index contributed by atoms with van der Waals surface area (Å²) in [6.07, 6.45) is 2.68. The van der Waals surface area contributed by atoms with Gasteiger partial charge in [-0.25, -0.2) is 4.98 Å². The van der Waals surface area contributed by atoms with Crippen molar-refractivity contribution >= 4 is 11.3 Å². The highest BCUT2D eigenvalue weighted by atomic mass is 32.1. The molecule has 1 aliphatic rings. The predicted molar refractivity (Wildman–Crippen MR) is 60.5 cm³/mol. The average molecular weight is 210 g/mol. The quantitative estimate of drug-likeness (QED) is 0.829. The molecule has 1 N–H and O–H groups in total. The number of nitrogens with one attached hydrogen (secondary N) is 1. The summed E-state index contributed by atoms with van der Waals surface area (Å²) >= 11 is 1.75. The van der Waals surface area contributed by atoms with E-state index in [4.69, 9.17) is 0 Å². The summed E-state index contributed by atoms with van der Waals surface area (Å²) in [6.45, 7) is 7.76. The molecule has 1 aromatic rings. The summed E-state index contributed by atoms with van der Waals surface area (Å²) < 4.78 is 0. The van der Waals surface area contributed by atoms with Crippen LogP contribution in [0.5, 0.6) is 0 Å². The number of aryl methyl sites for hydroxylation is 1. The van der Waals surface area contributed by atoms with E-state index in [0.717, 1.165) is 6.54 Å². The Morgan fingerprint density at radius 2 is 2.43 bits per heavy atom. The van der Waals surface area contributed by atoms with E-state index in [0.29, 0.717) is 11.5 Å². The molecule has 1 aliphatic carbocycles. The molecule has 78 valence electrons. The van der Waals surface area contributed by atoms with E-state index >= 15 is 0 Å². The van der Waals surface area contributed by atoms with Crippen LogP contribution in [0.25, 0.3) is 0 Å². The lowest BCUT2D eigenvalue weighted by Crippen LogP contribution is -2.49. The molecule has 1 fully saturated rings. The van der Waals surface area contributed by atoms with E-state index in [1.807, 2.05) is 5.51 Å². The van der Waals surface area contributed by atoms with Crippen molar-refractivity contribution in [3.05, 3.63) is 16.1 Å². The number of hydrogen-bond donors (Lipinski definition) is 1. The summed E-state index contributed by atoms with van der Waals surface area (Å²) in [5.74, 6) is 0. The van der Waals surface area contributed by atoms with E-state index in [1.54, 1.807) is 11.3 Å². The van der Waals surface area contributed by atoms with Gasteiger partial charge in [-0.3, -0.25) is 0 Å². The van der Waals surface area contributed by atoms with Gasteiger partial charge in [0.05, 0.1) is 11.2 Å². The van der Waals surface area contributed by atoms with Crippen LogP contribution in [0.3, 0.4) is 0 Å². The maximum atomic E-state index is 4.25. The average Bonchev–Trinajstić information content (AvgIpc) is 2.50. The lowest BCUT2D eigenvalue weighted by Gasteiger charge is -2.45. The Bertz CT molecular complexity index is 317. The van der Waals surface area contributed by atoms with E-state index < -0.39 is 0 Å². The molecular weight excluding hydrogens is 192 g/mol. The fourth-order valence-corrected chi connectivity index (χ4v) is 2.68. The van der Waals surface area contributed by atoms with Crippen molar-refractivity contribution < 1.29 is 0 Å². The Morgan fingerprint density at radius 1 is 1.64 bits per heavy atom. The standard InChI is InChI=1S/C11H18N2S/c1-8-9(14-7-13-8)6-12-10-4-5-11(10,2)3/h7,10,12H,4-6H2,1-3H3. The molecule has 1 unspecified atom stereocenters. The van der Waals surface area contributed by atoms with Crippen LogP contribution in [-0.4, -0.2) is 11.0 Å². The monoisotopic (exact) mass is 210 g/mol. The van der Waals surface area contributed by atoms with Gasteiger partial charge in [0, 0.05) is 17.5 Å². The number of rotatable bonds is 3. The second-order valence-corrected chi connectivity index (χ2v) is 5.76. The summed E-state index contributed by atoms with van der Waals surface area (Å²) in [6, 6.07) is 0.698. The summed E-state index contributed by atoms with van der Waals surface area (Å²) in [5, 5.41) is 3.62. The number of hydrogen-bond acceptors (Lipinski definition) is 3. The van der Waals surface area contributed by atoms with Gasteiger partial charge >= 0.3 is 0 Å². The van der Waals surface area contributed by atoms with Crippen molar-refractivity contribution in [3.63, 3.8) is 0 Å². The summed E-state index contributed by atoms with van der Waals surface area (Å²) in [7, 11) is 0. The fourth-order valence-electron chi connectivity index (χ4n) is 1.96. The first kappa shape index (κ1) is 10.1. The van der Waals surface area contributed by atoms with Crippen molar-refractivity contribution in [2.45, 2.75) is 46.2 Å². The SMILES string of the molecule is Cc1ncsc1CNC1CCC1(C)C. The molecule has 0 aromatic carbocycles. The highest BCUT2D eigenvalue weighted by Crippen LogP contribution is 2.40. The van der Waals surface area contributed by atoms with Gasteiger partial charge in [0.25, 0.3) is 0 Å². The van der Waals surface area contributed by atoms with Gasteiger partial charge in [-0.2, -0.15) is 0 Å². The topological polar surface area (TPSA) is 24.9 Å². The maximum Gasteiger partial charge on any atom is 0.0798 e. The van der Waals surface area contributed by atoms with Gasteiger partial charge in [0.1, 0.15) is 0 Å². The Labute approximate surface area is 89.8 Å². The molecular formula is C11H18N2S. The molecule has 0 amide bonds. The van der Waals surface area contributed by atoms with Crippen LogP contribution < -0.4 is 5.32 Å². The molecule has 1 atom stereocenters. The first-order valence-electron chi connectivity index (χ1n) is 5.22. The highest BCUT2D eigenvalue weighted by molar-refractivity contribution is 7.09. The lowest BCUT2D eigenvalue weighted by molar-refractivity contribution is 0.108. The summed E-state index contributed by atoms with van der Waals surface area (Å²) in [4.78, 5) is 5.64. The highest BCUT2D eigenvalue weighted by Gasteiger charge is 2.37. The minimum atomic E-state index is 0.499. The molecule has 0 saturated heterocycles. The van der Waals surface area contributed by atoms with Gasteiger partial charge in [0.15, 0.2) is 0 Å². The number of aromatic nitrogens is 1. The molecule has 1 heterocycles. The lowest BCUT2D eigenvalue weighted by atomic mass is 9.67. The molecule has 0 aliphatic heterocycles. The molecule has 2 nitrogen and oxygen atoms in total. The Balaban J connectivity index is 1.87. The molecule has 2 rings (SSSR count). The molecule has 14 heavy (non-hydrogen) atoms. The fraction of sp³-hybridized carbons (Fsp3) is 0.727. The molecule has 0 bridgehead atoms. The Morgan fingerprint density at radius 3 is 2.86 bits per heavy atom. The van der Waals surface area contributed by atoms with Gasteiger partial charge < -0.3 is 5.32 Å². The third-order valence-corrected chi connectivity index (χ3v) is 4.31. The number of nitrogens with zero attached hydrogens (tertiary/aromatic N) is 1. The van der Waals surface area contributed by atoms with Gasteiger partial charge in [-0.15, -0.1) is 11.3 Å². The first-order valence-corrected chi connectivity index (χ1v) is 6.10. The van der Waals surface area contributed by atoms with Crippen LogP contribution in [0.2, 0.25) is 0 Å². The molecule has 1 saturated carbocycles. The van der Waals surface area contributed by atoms with Crippen LogP contribution in [0.15, 0.2) is 5.51 Å². The molecule has 3 heteroatoms.